The zero-order valence-electron chi connectivity index (χ0n) is 14.8. The summed E-state index contributed by atoms with van der Waals surface area (Å²) in [6, 6.07) is 27.8. The van der Waals surface area contributed by atoms with Crippen LogP contribution in [0.2, 0.25) is 0 Å². The first-order valence-electron chi connectivity index (χ1n) is 9.22. The quantitative estimate of drug-likeness (QED) is 0.428. The molecule has 1 heterocycles. The van der Waals surface area contributed by atoms with Crippen molar-refractivity contribution in [3.05, 3.63) is 107 Å². The van der Waals surface area contributed by atoms with E-state index in [1.54, 1.807) is 0 Å². The van der Waals surface area contributed by atoms with E-state index in [9.17, 15) is 4.79 Å². The average Bonchev–Trinajstić information content (AvgIpc) is 3.14. The van der Waals surface area contributed by atoms with Crippen molar-refractivity contribution in [3.8, 4) is 22.5 Å². The molecule has 1 aliphatic carbocycles. The number of fused-ring (bicyclic) bond motifs is 3. The van der Waals surface area contributed by atoms with Crippen LogP contribution >= 0.6 is 0 Å². The summed E-state index contributed by atoms with van der Waals surface area (Å²) in [6.07, 6.45) is 1.84. The van der Waals surface area contributed by atoms with Crippen LogP contribution in [0.4, 0.5) is 0 Å². The van der Waals surface area contributed by atoms with E-state index >= 15 is 0 Å². The molecule has 0 spiro atoms. The van der Waals surface area contributed by atoms with Crippen LogP contribution in [0, 0.1) is 0 Å². The Kier molecular flexibility index (Phi) is 3.75. The summed E-state index contributed by atoms with van der Waals surface area (Å²) in [7, 11) is 0. The minimum Gasteiger partial charge on any atom is -0.452 e. The van der Waals surface area contributed by atoms with Gasteiger partial charge in [0.15, 0.2) is 5.76 Å². The highest BCUT2D eigenvalue weighted by molar-refractivity contribution is 6.12. The third-order valence-corrected chi connectivity index (χ3v) is 5.22. The summed E-state index contributed by atoms with van der Waals surface area (Å²) in [5.74, 6) is 1.21. The molecule has 0 fully saturated rings. The topological polar surface area (TPSA) is 30.2 Å². The molecule has 130 valence electrons. The molecule has 0 radical (unpaired) electrons. The van der Waals surface area contributed by atoms with Gasteiger partial charge in [-0.1, -0.05) is 84.9 Å². The molecule has 0 aliphatic heterocycles. The van der Waals surface area contributed by atoms with Gasteiger partial charge in [0.25, 0.3) is 0 Å². The Morgan fingerprint density at radius 3 is 2.19 bits per heavy atom. The molecule has 0 bridgehead atoms. The Morgan fingerprint density at radius 2 is 1.41 bits per heavy atom. The SMILES string of the molecule is O=C(c1ccccc1)c1oc2c(c1-c1ccccc1)CCc1ccccc1-2. The maximum atomic E-state index is 13.3. The first-order valence-corrected chi connectivity index (χ1v) is 9.22. The van der Waals surface area contributed by atoms with Gasteiger partial charge in [-0.05, 0) is 24.0 Å². The van der Waals surface area contributed by atoms with E-state index < -0.39 is 0 Å². The fourth-order valence-corrected chi connectivity index (χ4v) is 3.93. The minimum atomic E-state index is -0.0682. The van der Waals surface area contributed by atoms with E-state index in [1.807, 2.05) is 66.7 Å². The lowest BCUT2D eigenvalue weighted by Gasteiger charge is -2.15. The van der Waals surface area contributed by atoms with Crippen LogP contribution in [-0.4, -0.2) is 5.78 Å². The number of benzene rings is 3. The van der Waals surface area contributed by atoms with Crippen molar-refractivity contribution < 1.29 is 9.21 Å². The van der Waals surface area contributed by atoms with Gasteiger partial charge in [0, 0.05) is 22.3 Å². The second kappa shape index (κ2) is 6.40. The molecular weight excluding hydrogens is 332 g/mol. The van der Waals surface area contributed by atoms with Crippen LogP contribution in [0.15, 0.2) is 89.3 Å². The Bertz CT molecular complexity index is 1120. The lowest BCUT2D eigenvalue weighted by molar-refractivity contribution is 0.101. The summed E-state index contributed by atoms with van der Waals surface area (Å²) >= 11 is 0. The maximum Gasteiger partial charge on any atom is 0.228 e. The van der Waals surface area contributed by atoms with E-state index in [4.69, 9.17) is 4.42 Å². The predicted molar refractivity (Wildman–Crippen MR) is 107 cm³/mol. The van der Waals surface area contributed by atoms with Crippen molar-refractivity contribution in [2.75, 3.05) is 0 Å². The van der Waals surface area contributed by atoms with Crippen LogP contribution in [-0.2, 0) is 12.8 Å². The zero-order valence-corrected chi connectivity index (χ0v) is 14.8. The Labute approximate surface area is 158 Å². The Hall–Kier alpha value is -3.39. The summed E-state index contributed by atoms with van der Waals surface area (Å²) in [5, 5.41) is 0. The van der Waals surface area contributed by atoms with Crippen LogP contribution in [0.25, 0.3) is 22.5 Å². The lowest BCUT2D eigenvalue weighted by atomic mass is 9.86. The van der Waals surface area contributed by atoms with Gasteiger partial charge in [-0.2, -0.15) is 0 Å². The Balaban J connectivity index is 1.77. The predicted octanol–water partition coefficient (Wildman–Crippen LogP) is 5.94. The van der Waals surface area contributed by atoms with Crippen LogP contribution in [0.1, 0.15) is 27.2 Å². The second-order valence-corrected chi connectivity index (χ2v) is 6.83. The van der Waals surface area contributed by atoms with Crippen molar-refractivity contribution >= 4 is 5.78 Å². The van der Waals surface area contributed by atoms with Crippen molar-refractivity contribution in [2.45, 2.75) is 12.8 Å². The highest BCUT2D eigenvalue weighted by atomic mass is 16.3. The van der Waals surface area contributed by atoms with Crippen LogP contribution in [0.5, 0.6) is 0 Å². The van der Waals surface area contributed by atoms with Gasteiger partial charge >= 0.3 is 0 Å². The number of hydrogen-bond acceptors (Lipinski definition) is 2. The third kappa shape index (κ3) is 2.61. The second-order valence-electron chi connectivity index (χ2n) is 6.83. The summed E-state index contributed by atoms with van der Waals surface area (Å²) in [6.45, 7) is 0. The fraction of sp³-hybridized carbons (Fsp3) is 0.0800. The molecule has 2 nitrogen and oxygen atoms in total. The summed E-state index contributed by atoms with van der Waals surface area (Å²) in [4.78, 5) is 13.3. The molecule has 1 aliphatic rings. The van der Waals surface area contributed by atoms with Crippen molar-refractivity contribution in [1.29, 1.82) is 0 Å². The van der Waals surface area contributed by atoms with Gasteiger partial charge in [-0.3, -0.25) is 4.79 Å². The smallest absolute Gasteiger partial charge is 0.228 e. The van der Waals surface area contributed by atoms with Gasteiger partial charge in [-0.25, -0.2) is 0 Å². The van der Waals surface area contributed by atoms with E-state index in [1.165, 1.54) is 5.56 Å². The number of aryl methyl sites for hydroxylation is 1. The first-order chi connectivity index (χ1) is 13.3. The number of hydrogen-bond donors (Lipinski definition) is 0. The molecule has 0 N–H and O–H groups in total. The molecule has 0 saturated heterocycles. The van der Waals surface area contributed by atoms with Crippen molar-refractivity contribution in [1.82, 2.24) is 0 Å². The largest absolute Gasteiger partial charge is 0.452 e. The van der Waals surface area contributed by atoms with Crippen LogP contribution in [0.3, 0.4) is 0 Å². The highest BCUT2D eigenvalue weighted by Crippen LogP contribution is 2.43. The number of carbonyl (C=O) groups is 1. The van der Waals surface area contributed by atoms with Gasteiger partial charge in [0.1, 0.15) is 5.76 Å². The molecule has 0 saturated carbocycles. The molecule has 5 rings (SSSR count). The lowest BCUT2D eigenvalue weighted by Crippen LogP contribution is -2.04. The molecule has 0 amide bonds. The number of rotatable bonds is 3. The van der Waals surface area contributed by atoms with Gasteiger partial charge < -0.3 is 4.42 Å². The molecule has 1 aromatic heterocycles. The fourth-order valence-electron chi connectivity index (χ4n) is 3.93. The molecule has 2 heteroatoms. The van der Waals surface area contributed by atoms with E-state index in [0.29, 0.717) is 11.3 Å². The number of ketones is 1. The van der Waals surface area contributed by atoms with Crippen molar-refractivity contribution in [2.24, 2.45) is 0 Å². The molecule has 3 aromatic carbocycles. The molecular formula is C25H18O2. The average molecular weight is 350 g/mol. The summed E-state index contributed by atoms with van der Waals surface area (Å²) in [5.41, 5.74) is 6.13. The maximum absolute atomic E-state index is 13.3. The molecule has 27 heavy (non-hydrogen) atoms. The van der Waals surface area contributed by atoms with E-state index in [-0.39, 0.29) is 5.78 Å². The van der Waals surface area contributed by atoms with Gasteiger partial charge in [0.2, 0.25) is 5.78 Å². The monoisotopic (exact) mass is 350 g/mol. The van der Waals surface area contributed by atoms with Crippen molar-refractivity contribution in [3.63, 3.8) is 0 Å². The van der Waals surface area contributed by atoms with Gasteiger partial charge in [-0.15, -0.1) is 0 Å². The molecule has 0 atom stereocenters. The number of carbonyl (C=O) groups excluding carboxylic acids is 1. The summed E-state index contributed by atoms with van der Waals surface area (Å²) < 4.78 is 6.28. The molecule has 4 aromatic rings. The molecule has 0 unspecified atom stereocenters. The minimum absolute atomic E-state index is 0.0682. The Morgan fingerprint density at radius 1 is 0.741 bits per heavy atom. The highest BCUT2D eigenvalue weighted by Gasteiger charge is 2.30. The normalized spacial score (nSPS) is 12.3. The van der Waals surface area contributed by atoms with E-state index in [2.05, 4.69) is 18.2 Å². The van der Waals surface area contributed by atoms with Gasteiger partial charge in [0.05, 0.1) is 0 Å². The standard InChI is InChI=1S/C25H18O2/c26-23(19-12-5-2-6-13-19)25-22(18-10-3-1-4-11-18)21-16-15-17-9-7-8-14-20(17)24(21)27-25/h1-14H,15-16H2. The van der Waals surface area contributed by atoms with E-state index in [0.717, 1.165) is 40.9 Å². The van der Waals surface area contributed by atoms with Crippen LogP contribution < -0.4 is 0 Å². The third-order valence-electron chi connectivity index (χ3n) is 5.22. The first kappa shape index (κ1) is 15.8. The number of furan rings is 1. The zero-order chi connectivity index (χ0) is 18.2.